The van der Waals surface area contributed by atoms with Crippen molar-refractivity contribution in [2.75, 3.05) is 26.2 Å². The minimum atomic E-state index is -0.664. The fourth-order valence-corrected chi connectivity index (χ4v) is 1.94. The Morgan fingerprint density at radius 3 is 2.86 bits per heavy atom. The summed E-state index contributed by atoms with van der Waals surface area (Å²) in [7, 11) is 0. The molecule has 0 radical (unpaired) electrons. The maximum absolute atomic E-state index is 11.8. The van der Waals surface area contributed by atoms with Crippen molar-refractivity contribution >= 4 is 5.91 Å². The Labute approximate surface area is 83.6 Å². The first-order valence-corrected chi connectivity index (χ1v) is 5.00. The molecule has 0 atom stereocenters. The molecule has 0 aromatic heterocycles. The smallest absolute Gasteiger partial charge is 0.249 e. The topological polar surface area (TPSA) is 52.6 Å². The second-order valence-corrected chi connectivity index (χ2v) is 4.34. The summed E-state index contributed by atoms with van der Waals surface area (Å²) in [6, 6.07) is 0. The number of β-amino-alcohol motifs (C(OH)–C–C–N with tert-alkyl or cyclic N) is 1. The van der Waals surface area contributed by atoms with E-state index in [-0.39, 0.29) is 5.91 Å². The number of nitrogens with one attached hydrogen (secondary N) is 1. The SMILES string of the molecule is CC1(O)CN(C(=O)C2=CCNCC2)C1. The molecule has 0 aromatic rings. The van der Waals surface area contributed by atoms with E-state index in [0.29, 0.717) is 13.1 Å². The molecule has 2 rings (SSSR count). The molecule has 0 spiro atoms. The van der Waals surface area contributed by atoms with Gasteiger partial charge in [0.25, 0.3) is 0 Å². The molecule has 1 amide bonds. The van der Waals surface area contributed by atoms with Crippen LogP contribution in [-0.4, -0.2) is 47.7 Å². The summed E-state index contributed by atoms with van der Waals surface area (Å²) in [5.74, 6) is 0.0954. The normalized spacial score (nSPS) is 25.3. The van der Waals surface area contributed by atoms with E-state index in [4.69, 9.17) is 0 Å². The number of carbonyl (C=O) groups excluding carboxylic acids is 1. The van der Waals surface area contributed by atoms with Gasteiger partial charge in [0.2, 0.25) is 5.91 Å². The van der Waals surface area contributed by atoms with Crippen LogP contribution in [0, 0.1) is 0 Å². The fourth-order valence-electron chi connectivity index (χ4n) is 1.94. The zero-order valence-electron chi connectivity index (χ0n) is 8.42. The molecule has 2 heterocycles. The van der Waals surface area contributed by atoms with Crippen molar-refractivity contribution in [2.45, 2.75) is 18.9 Å². The largest absolute Gasteiger partial charge is 0.386 e. The van der Waals surface area contributed by atoms with Crippen molar-refractivity contribution in [2.24, 2.45) is 0 Å². The molecule has 2 aliphatic rings. The van der Waals surface area contributed by atoms with E-state index in [0.717, 1.165) is 25.1 Å². The van der Waals surface area contributed by atoms with Crippen molar-refractivity contribution in [3.63, 3.8) is 0 Å². The third-order valence-corrected chi connectivity index (χ3v) is 2.69. The minimum Gasteiger partial charge on any atom is -0.386 e. The van der Waals surface area contributed by atoms with Gasteiger partial charge in [-0.15, -0.1) is 0 Å². The van der Waals surface area contributed by atoms with E-state index in [1.54, 1.807) is 11.8 Å². The molecule has 0 aromatic carbocycles. The zero-order valence-corrected chi connectivity index (χ0v) is 8.42. The van der Waals surface area contributed by atoms with E-state index in [1.165, 1.54) is 0 Å². The lowest BCUT2D eigenvalue weighted by Crippen LogP contribution is -2.62. The van der Waals surface area contributed by atoms with Crippen LogP contribution in [0.3, 0.4) is 0 Å². The molecule has 0 unspecified atom stereocenters. The first-order valence-electron chi connectivity index (χ1n) is 5.00. The van der Waals surface area contributed by atoms with E-state index < -0.39 is 5.60 Å². The summed E-state index contributed by atoms with van der Waals surface area (Å²) in [5, 5.41) is 12.7. The van der Waals surface area contributed by atoms with E-state index in [9.17, 15) is 9.90 Å². The Morgan fingerprint density at radius 2 is 2.36 bits per heavy atom. The van der Waals surface area contributed by atoms with Gasteiger partial charge in [-0.2, -0.15) is 0 Å². The summed E-state index contributed by atoms with van der Waals surface area (Å²) in [6.07, 6.45) is 2.75. The van der Waals surface area contributed by atoms with Gasteiger partial charge in [-0.3, -0.25) is 4.79 Å². The number of rotatable bonds is 1. The van der Waals surface area contributed by atoms with Crippen LogP contribution < -0.4 is 5.32 Å². The molecular formula is C10H16N2O2. The van der Waals surface area contributed by atoms with E-state index in [2.05, 4.69) is 5.32 Å². The van der Waals surface area contributed by atoms with Gasteiger partial charge in [0.15, 0.2) is 0 Å². The highest BCUT2D eigenvalue weighted by atomic mass is 16.3. The standard InChI is InChI=1S/C10H16N2O2/c1-10(14)6-12(7-10)9(13)8-2-4-11-5-3-8/h2,11,14H,3-7H2,1H3. The lowest BCUT2D eigenvalue weighted by Gasteiger charge is -2.44. The highest BCUT2D eigenvalue weighted by Gasteiger charge is 2.40. The number of amides is 1. The Bertz CT molecular complexity index is 276. The van der Waals surface area contributed by atoms with Gasteiger partial charge in [0.1, 0.15) is 0 Å². The highest BCUT2D eigenvalue weighted by Crippen LogP contribution is 2.22. The summed E-state index contributed by atoms with van der Waals surface area (Å²) in [5.41, 5.74) is 0.225. The van der Waals surface area contributed by atoms with Crippen LogP contribution in [0.15, 0.2) is 11.6 Å². The molecule has 1 fully saturated rings. The van der Waals surface area contributed by atoms with Crippen LogP contribution in [0.5, 0.6) is 0 Å². The zero-order chi connectivity index (χ0) is 10.2. The fraction of sp³-hybridized carbons (Fsp3) is 0.700. The number of hydrogen-bond acceptors (Lipinski definition) is 3. The Morgan fingerprint density at radius 1 is 1.64 bits per heavy atom. The van der Waals surface area contributed by atoms with Gasteiger partial charge in [-0.05, 0) is 19.9 Å². The van der Waals surface area contributed by atoms with Gasteiger partial charge in [-0.25, -0.2) is 0 Å². The molecular weight excluding hydrogens is 180 g/mol. The van der Waals surface area contributed by atoms with Crippen molar-refractivity contribution in [3.8, 4) is 0 Å². The molecule has 14 heavy (non-hydrogen) atoms. The van der Waals surface area contributed by atoms with Gasteiger partial charge in [0.05, 0.1) is 18.7 Å². The van der Waals surface area contributed by atoms with Crippen LogP contribution in [0.2, 0.25) is 0 Å². The van der Waals surface area contributed by atoms with Crippen molar-refractivity contribution in [3.05, 3.63) is 11.6 Å². The maximum Gasteiger partial charge on any atom is 0.249 e. The van der Waals surface area contributed by atoms with Crippen molar-refractivity contribution < 1.29 is 9.90 Å². The van der Waals surface area contributed by atoms with Crippen molar-refractivity contribution in [1.29, 1.82) is 0 Å². The number of likely N-dealkylation sites (tertiary alicyclic amines) is 1. The average molecular weight is 196 g/mol. The lowest BCUT2D eigenvalue weighted by molar-refractivity contribution is -0.148. The van der Waals surface area contributed by atoms with E-state index >= 15 is 0 Å². The number of hydrogen-bond donors (Lipinski definition) is 2. The third kappa shape index (κ3) is 1.81. The average Bonchev–Trinajstić information content (AvgIpc) is 2.14. The van der Waals surface area contributed by atoms with Gasteiger partial charge in [0, 0.05) is 12.1 Å². The summed E-state index contributed by atoms with van der Waals surface area (Å²) < 4.78 is 0. The Balaban J connectivity index is 1.93. The second-order valence-electron chi connectivity index (χ2n) is 4.34. The maximum atomic E-state index is 11.8. The van der Waals surface area contributed by atoms with Crippen LogP contribution in [0.1, 0.15) is 13.3 Å². The van der Waals surface area contributed by atoms with Crippen LogP contribution in [0.25, 0.3) is 0 Å². The first kappa shape index (κ1) is 9.68. The second kappa shape index (κ2) is 3.37. The monoisotopic (exact) mass is 196 g/mol. The third-order valence-electron chi connectivity index (χ3n) is 2.69. The molecule has 0 aliphatic carbocycles. The summed E-state index contributed by atoms with van der Waals surface area (Å²) in [4.78, 5) is 13.5. The molecule has 2 N–H and O–H groups in total. The molecule has 2 aliphatic heterocycles. The predicted molar refractivity (Wildman–Crippen MR) is 52.8 cm³/mol. The molecule has 0 saturated carbocycles. The molecule has 0 bridgehead atoms. The van der Waals surface area contributed by atoms with Crippen molar-refractivity contribution in [1.82, 2.24) is 10.2 Å². The highest BCUT2D eigenvalue weighted by molar-refractivity contribution is 5.94. The van der Waals surface area contributed by atoms with Gasteiger partial charge < -0.3 is 15.3 Å². The van der Waals surface area contributed by atoms with Gasteiger partial charge in [-0.1, -0.05) is 6.08 Å². The van der Waals surface area contributed by atoms with Gasteiger partial charge >= 0.3 is 0 Å². The number of aliphatic hydroxyl groups is 1. The Hall–Kier alpha value is -0.870. The molecule has 4 heteroatoms. The molecule has 78 valence electrons. The van der Waals surface area contributed by atoms with Crippen LogP contribution in [-0.2, 0) is 4.79 Å². The van der Waals surface area contributed by atoms with Crippen LogP contribution >= 0.6 is 0 Å². The summed E-state index contributed by atoms with van der Waals surface area (Å²) in [6.45, 7) is 4.36. The predicted octanol–water partition coefficient (Wildman–Crippen LogP) is -0.501. The molecule has 4 nitrogen and oxygen atoms in total. The minimum absolute atomic E-state index is 0.0954. The first-order chi connectivity index (χ1) is 6.58. The Kier molecular flexibility index (Phi) is 2.33. The summed E-state index contributed by atoms with van der Waals surface area (Å²) >= 11 is 0. The number of nitrogens with zero attached hydrogens (tertiary/aromatic N) is 1. The number of carbonyl (C=O) groups is 1. The lowest BCUT2D eigenvalue weighted by atomic mass is 9.95. The van der Waals surface area contributed by atoms with E-state index in [1.807, 2.05) is 6.08 Å². The molecule has 1 saturated heterocycles. The quantitative estimate of drug-likeness (QED) is 0.594. The van der Waals surface area contributed by atoms with Crippen LogP contribution in [0.4, 0.5) is 0 Å².